The Labute approximate surface area is 101 Å². The van der Waals surface area contributed by atoms with Crippen molar-refractivity contribution in [2.24, 2.45) is 7.05 Å². The van der Waals surface area contributed by atoms with Crippen molar-refractivity contribution in [2.45, 2.75) is 0 Å². The fourth-order valence-corrected chi connectivity index (χ4v) is 3.15. The van der Waals surface area contributed by atoms with Gasteiger partial charge in [-0.2, -0.15) is 4.57 Å². The Balaban J connectivity index is 2.48. The molecule has 0 bridgehead atoms. The van der Waals surface area contributed by atoms with Gasteiger partial charge in [-0.05, 0) is 12.1 Å². The molecule has 0 unspecified atom stereocenters. The zero-order chi connectivity index (χ0) is 12.0. The van der Waals surface area contributed by atoms with E-state index in [4.69, 9.17) is 0 Å². The van der Waals surface area contributed by atoms with Gasteiger partial charge in [0.2, 0.25) is 5.52 Å². The number of nitro benzene ring substituents is 1. The molecule has 0 radical (unpaired) electrons. The number of thiophene rings is 1. The van der Waals surface area contributed by atoms with E-state index in [0.29, 0.717) is 0 Å². The van der Waals surface area contributed by atoms with Crippen molar-refractivity contribution < 1.29 is 9.49 Å². The number of nitrogens with zero attached hydrogens (tertiary/aromatic N) is 2. The summed E-state index contributed by atoms with van der Waals surface area (Å²) >= 11 is 1.65. The molecule has 3 aromatic rings. The molecular weight excluding hydrogens is 236 g/mol. The molecular formula is C12H9N2O2S+. The number of aryl methyl sites for hydroxylation is 1. The predicted molar refractivity (Wildman–Crippen MR) is 67.2 cm³/mol. The number of pyridine rings is 1. The minimum atomic E-state index is -0.355. The Morgan fingerprint density at radius 1 is 1.29 bits per heavy atom. The lowest BCUT2D eigenvalue weighted by Crippen LogP contribution is -2.27. The highest BCUT2D eigenvalue weighted by atomic mass is 32.1. The first-order valence-electron chi connectivity index (χ1n) is 5.12. The number of aromatic nitrogens is 1. The zero-order valence-electron chi connectivity index (χ0n) is 9.08. The van der Waals surface area contributed by atoms with Crippen molar-refractivity contribution in [1.82, 2.24) is 0 Å². The molecule has 0 saturated carbocycles. The monoisotopic (exact) mass is 245 g/mol. The van der Waals surface area contributed by atoms with E-state index in [1.807, 2.05) is 36.0 Å². The molecule has 0 saturated heterocycles. The lowest BCUT2D eigenvalue weighted by atomic mass is 10.2. The number of rotatable bonds is 1. The molecule has 0 aliphatic carbocycles. The van der Waals surface area contributed by atoms with Crippen LogP contribution in [0.5, 0.6) is 0 Å². The molecule has 2 aromatic heterocycles. The van der Waals surface area contributed by atoms with Crippen LogP contribution in [0.3, 0.4) is 0 Å². The van der Waals surface area contributed by atoms with Gasteiger partial charge < -0.3 is 0 Å². The van der Waals surface area contributed by atoms with Gasteiger partial charge in [0.25, 0.3) is 5.69 Å². The third-order valence-corrected chi connectivity index (χ3v) is 3.92. The minimum Gasteiger partial charge on any atom is -0.258 e. The van der Waals surface area contributed by atoms with Crippen LogP contribution < -0.4 is 4.57 Å². The first kappa shape index (κ1) is 10.2. The molecule has 0 atom stereocenters. The van der Waals surface area contributed by atoms with Gasteiger partial charge >= 0.3 is 0 Å². The summed E-state index contributed by atoms with van der Waals surface area (Å²) in [5.41, 5.74) is 1.19. The summed E-state index contributed by atoms with van der Waals surface area (Å²) in [6.45, 7) is 0. The normalized spacial score (nSPS) is 11.1. The van der Waals surface area contributed by atoms with E-state index in [2.05, 4.69) is 0 Å². The second-order valence-corrected chi connectivity index (χ2v) is 4.96. The van der Waals surface area contributed by atoms with Crippen LogP contribution in [-0.4, -0.2) is 4.92 Å². The number of non-ortho nitro benzene ring substituents is 1. The van der Waals surface area contributed by atoms with Gasteiger partial charge in [-0.25, -0.2) is 0 Å². The lowest BCUT2D eigenvalue weighted by molar-refractivity contribution is -0.644. The number of hydrogen-bond acceptors (Lipinski definition) is 3. The summed E-state index contributed by atoms with van der Waals surface area (Å²) in [4.78, 5) is 10.4. The standard InChI is InChI=1S/C12H9N2O2S/c1-13-6-2-3-11-12(13)9-7-8(14(15)16)4-5-10(9)17-11/h2-7H,1H3/q+1. The molecule has 17 heavy (non-hydrogen) atoms. The smallest absolute Gasteiger partial charge is 0.258 e. The van der Waals surface area contributed by atoms with Gasteiger partial charge in [-0.3, -0.25) is 10.1 Å². The van der Waals surface area contributed by atoms with Gasteiger partial charge in [-0.15, -0.1) is 11.3 Å². The van der Waals surface area contributed by atoms with Crippen LogP contribution in [0.2, 0.25) is 0 Å². The number of fused-ring (bicyclic) bond motifs is 3. The average Bonchev–Trinajstić information content (AvgIpc) is 2.67. The summed E-state index contributed by atoms with van der Waals surface area (Å²) in [6, 6.07) is 9.03. The predicted octanol–water partition coefficient (Wildman–Crippen LogP) is 2.79. The quantitative estimate of drug-likeness (QED) is 0.376. The fraction of sp³-hybridized carbons (Fsp3) is 0.0833. The Morgan fingerprint density at radius 2 is 2.12 bits per heavy atom. The Kier molecular flexibility index (Phi) is 2.09. The second-order valence-electron chi connectivity index (χ2n) is 3.87. The van der Waals surface area contributed by atoms with Crippen LogP contribution in [0.1, 0.15) is 0 Å². The molecule has 4 nitrogen and oxygen atoms in total. The van der Waals surface area contributed by atoms with Crippen LogP contribution in [0.15, 0.2) is 36.5 Å². The molecule has 1 aromatic carbocycles. The SMILES string of the molecule is C[n+]1cccc2sc3ccc([N+](=O)[O-])cc3c21. The maximum Gasteiger partial charge on any atom is 0.270 e. The molecule has 0 aliphatic rings. The third kappa shape index (κ3) is 1.47. The van der Waals surface area contributed by atoms with E-state index >= 15 is 0 Å². The lowest BCUT2D eigenvalue weighted by Gasteiger charge is -1.92. The topological polar surface area (TPSA) is 47.0 Å². The molecule has 0 fully saturated rings. The maximum absolute atomic E-state index is 10.8. The van der Waals surface area contributed by atoms with Gasteiger partial charge in [-0.1, -0.05) is 0 Å². The van der Waals surface area contributed by atoms with Crippen molar-refractivity contribution in [3.05, 3.63) is 46.6 Å². The van der Waals surface area contributed by atoms with Crippen LogP contribution in [-0.2, 0) is 7.05 Å². The van der Waals surface area contributed by atoms with Crippen LogP contribution in [0.25, 0.3) is 20.3 Å². The maximum atomic E-state index is 10.8. The summed E-state index contributed by atoms with van der Waals surface area (Å²) < 4.78 is 4.22. The Hall–Kier alpha value is -2.01. The van der Waals surface area contributed by atoms with Crippen molar-refractivity contribution in [2.75, 3.05) is 0 Å². The largest absolute Gasteiger partial charge is 0.270 e. The van der Waals surface area contributed by atoms with Crippen LogP contribution in [0.4, 0.5) is 5.69 Å². The first-order valence-corrected chi connectivity index (χ1v) is 5.94. The molecule has 84 valence electrons. The van der Waals surface area contributed by atoms with E-state index in [0.717, 1.165) is 20.3 Å². The molecule has 5 heteroatoms. The van der Waals surface area contributed by atoms with Gasteiger partial charge in [0.05, 0.1) is 10.3 Å². The summed E-state index contributed by atoms with van der Waals surface area (Å²) in [6.07, 6.45) is 1.95. The van der Waals surface area contributed by atoms with E-state index in [-0.39, 0.29) is 10.6 Å². The first-order chi connectivity index (χ1) is 8.16. The van der Waals surface area contributed by atoms with Gasteiger partial charge in [0, 0.05) is 22.9 Å². The molecule has 0 amide bonds. The Morgan fingerprint density at radius 3 is 2.88 bits per heavy atom. The van der Waals surface area contributed by atoms with Crippen molar-refractivity contribution in [3.8, 4) is 0 Å². The van der Waals surface area contributed by atoms with Crippen molar-refractivity contribution in [3.63, 3.8) is 0 Å². The number of benzene rings is 1. The fourth-order valence-electron chi connectivity index (χ4n) is 2.02. The molecule has 0 spiro atoms. The Bertz CT molecular complexity index is 749. The summed E-state index contributed by atoms with van der Waals surface area (Å²) in [5, 5.41) is 11.7. The van der Waals surface area contributed by atoms with Gasteiger partial charge in [0.1, 0.15) is 11.7 Å². The second kappa shape index (κ2) is 3.49. The van der Waals surface area contributed by atoms with E-state index < -0.39 is 0 Å². The molecule has 0 N–H and O–H groups in total. The highest BCUT2D eigenvalue weighted by Crippen LogP contribution is 2.33. The number of hydrogen-bond donors (Lipinski definition) is 0. The number of nitro groups is 1. The molecule has 0 aliphatic heterocycles. The minimum absolute atomic E-state index is 0.140. The highest BCUT2D eigenvalue weighted by Gasteiger charge is 2.16. The van der Waals surface area contributed by atoms with Gasteiger partial charge in [0.15, 0.2) is 6.20 Å². The van der Waals surface area contributed by atoms with Crippen molar-refractivity contribution >= 4 is 37.3 Å². The molecule has 3 rings (SSSR count). The third-order valence-electron chi connectivity index (χ3n) is 2.79. The average molecular weight is 245 g/mol. The van der Waals surface area contributed by atoms with E-state index in [1.165, 1.54) is 0 Å². The van der Waals surface area contributed by atoms with E-state index in [1.54, 1.807) is 23.5 Å². The summed E-state index contributed by atoms with van der Waals surface area (Å²) in [5.74, 6) is 0. The zero-order valence-corrected chi connectivity index (χ0v) is 9.90. The van der Waals surface area contributed by atoms with Crippen LogP contribution in [0, 0.1) is 10.1 Å². The summed E-state index contributed by atoms with van der Waals surface area (Å²) in [7, 11) is 1.95. The van der Waals surface area contributed by atoms with Crippen LogP contribution >= 0.6 is 11.3 Å². The highest BCUT2D eigenvalue weighted by molar-refractivity contribution is 7.25. The molecule has 2 heterocycles. The van der Waals surface area contributed by atoms with Crippen molar-refractivity contribution in [1.29, 1.82) is 0 Å². The van der Waals surface area contributed by atoms with E-state index in [9.17, 15) is 10.1 Å².